The Morgan fingerprint density at radius 1 is 1.40 bits per heavy atom. The van der Waals surface area contributed by atoms with Crippen molar-refractivity contribution in [3.63, 3.8) is 0 Å². The van der Waals surface area contributed by atoms with E-state index in [0.717, 1.165) is 0 Å². The third-order valence-corrected chi connectivity index (χ3v) is 1.97. The van der Waals surface area contributed by atoms with E-state index in [0.29, 0.717) is 23.0 Å². The number of hydrogen-bond acceptors (Lipinski definition) is 4. The molecule has 1 N–H and O–H groups in total. The van der Waals surface area contributed by atoms with E-state index in [-0.39, 0.29) is 5.78 Å². The van der Waals surface area contributed by atoms with Crippen LogP contribution < -0.4 is 0 Å². The van der Waals surface area contributed by atoms with Crippen LogP contribution in [0.15, 0.2) is 18.5 Å². The first-order valence-electron chi connectivity index (χ1n) is 4.53. The van der Waals surface area contributed by atoms with Gasteiger partial charge in [0.15, 0.2) is 11.6 Å². The highest BCUT2D eigenvalue weighted by Crippen LogP contribution is 2.12. The minimum absolute atomic E-state index is 0.0421. The summed E-state index contributed by atoms with van der Waals surface area (Å²) in [5.74, 6) is 1.22. The van der Waals surface area contributed by atoms with Crippen LogP contribution in [-0.4, -0.2) is 25.7 Å². The predicted molar refractivity (Wildman–Crippen MR) is 54.4 cm³/mol. The van der Waals surface area contributed by atoms with E-state index in [9.17, 15) is 4.79 Å². The second-order valence-electron chi connectivity index (χ2n) is 3.19. The van der Waals surface area contributed by atoms with Crippen molar-refractivity contribution >= 4 is 5.78 Å². The van der Waals surface area contributed by atoms with Crippen molar-refractivity contribution in [3.8, 4) is 11.5 Å². The average Bonchev–Trinajstić information content (AvgIpc) is 2.66. The van der Waals surface area contributed by atoms with Crippen LogP contribution in [-0.2, 0) is 0 Å². The van der Waals surface area contributed by atoms with Crippen LogP contribution in [0.3, 0.4) is 0 Å². The third-order valence-electron chi connectivity index (χ3n) is 1.97. The smallest absolute Gasteiger partial charge is 0.177 e. The molecule has 0 aliphatic carbocycles. The number of rotatable bonds is 2. The Morgan fingerprint density at radius 3 is 2.80 bits per heavy atom. The fourth-order valence-electron chi connectivity index (χ4n) is 1.22. The third kappa shape index (κ3) is 1.90. The average molecular weight is 202 g/mol. The van der Waals surface area contributed by atoms with Gasteiger partial charge < -0.3 is 4.98 Å². The SMILES string of the molecule is CC(=O)c1cnc(-c2ccnc(C)n2)[nH]1. The molecule has 0 saturated carbocycles. The van der Waals surface area contributed by atoms with Gasteiger partial charge in [-0.15, -0.1) is 0 Å². The maximum absolute atomic E-state index is 11.1. The van der Waals surface area contributed by atoms with Gasteiger partial charge in [0.2, 0.25) is 0 Å². The lowest BCUT2D eigenvalue weighted by Gasteiger charge is -1.96. The molecule has 0 aromatic carbocycles. The van der Waals surface area contributed by atoms with Crippen molar-refractivity contribution in [1.82, 2.24) is 19.9 Å². The van der Waals surface area contributed by atoms with Gasteiger partial charge in [0.05, 0.1) is 6.20 Å². The molecule has 2 heterocycles. The zero-order valence-corrected chi connectivity index (χ0v) is 8.48. The molecule has 0 bridgehead atoms. The number of nitrogens with one attached hydrogen (secondary N) is 1. The van der Waals surface area contributed by atoms with Gasteiger partial charge in [-0.25, -0.2) is 15.0 Å². The van der Waals surface area contributed by atoms with Crippen LogP contribution in [0.25, 0.3) is 11.5 Å². The number of ketones is 1. The van der Waals surface area contributed by atoms with Gasteiger partial charge in [-0.1, -0.05) is 0 Å². The van der Waals surface area contributed by atoms with Gasteiger partial charge in [-0.2, -0.15) is 0 Å². The molecule has 5 nitrogen and oxygen atoms in total. The summed E-state index contributed by atoms with van der Waals surface area (Å²) >= 11 is 0. The summed E-state index contributed by atoms with van der Waals surface area (Å²) in [7, 11) is 0. The predicted octanol–water partition coefficient (Wildman–Crippen LogP) is 1.38. The maximum atomic E-state index is 11.1. The van der Waals surface area contributed by atoms with Gasteiger partial charge in [-0.05, 0) is 13.0 Å². The van der Waals surface area contributed by atoms with Crippen molar-refractivity contribution in [2.75, 3.05) is 0 Å². The first-order chi connectivity index (χ1) is 7.16. The highest BCUT2D eigenvalue weighted by atomic mass is 16.1. The zero-order valence-electron chi connectivity index (χ0n) is 8.48. The van der Waals surface area contributed by atoms with E-state index in [1.165, 1.54) is 13.1 Å². The highest BCUT2D eigenvalue weighted by Gasteiger charge is 2.07. The Morgan fingerprint density at radius 2 is 2.20 bits per heavy atom. The Balaban J connectivity index is 2.41. The van der Waals surface area contributed by atoms with Crippen LogP contribution in [0, 0.1) is 6.92 Å². The molecule has 0 fully saturated rings. The standard InChI is InChI=1S/C10H10N4O/c1-6(15)9-5-12-10(14-9)8-3-4-11-7(2)13-8/h3-5H,1-2H3,(H,12,14). The molecule has 2 aromatic heterocycles. The summed E-state index contributed by atoms with van der Waals surface area (Å²) in [6, 6.07) is 1.75. The van der Waals surface area contributed by atoms with Crippen molar-refractivity contribution in [2.24, 2.45) is 0 Å². The fourth-order valence-corrected chi connectivity index (χ4v) is 1.22. The van der Waals surface area contributed by atoms with Gasteiger partial charge in [0.1, 0.15) is 17.2 Å². The molecule has 0 aliphatic heterocycles. The second kappa shape index (κ2) is 3.61. The molecule has 0 saturated heterocycles. The summed E-state index contributed by atoms with van der Waals surface area (Å²) < 4.78 is 0. The second-order valence-corrected chi connectivity index (χ2v) is 3.19. The fraction of sp³-hybridized carbons (Fsp3) is 0.200. The summed E-state index contributed by atoms with van der Waals surface area (Å²) in [5.41, 5.74) is 1.18. The first kappa shape index (κ1) is 9.51. The molecular formula is C10H10N4O. The minimum Gasteiger partial charge on any atom is -0.334 e. The number of nitrogens with zero attached hydrogens (tertiary/aromatic N) is 3. The molecule has 5 heteroatoms. The molecule has 0 unspecified atom stereocenters. The summed E-state index contributed by atoms with van der Waals surface area (Å²) in [4.78, 5) is 26.2. The lowest BCUT2D eigenvalue weighted by atomic mass is 10.3. The van der Waals surface area contributed by atoms with Gasteiger partial charge in [0.25, 0.3) is 0 Å². The molecular weight excluding hydrogens is 192 g/mol. The Kier molecular flexibility index (Phi) is 2.29. The number of carbonyl (C=O) groups excluding carboxylic acids is 1. The van der Waals surface area contributed by atoms with Crippen LogP contribution >= 0.6 is 0 Å². The quantitative estimate of drug-likeness (QED) is 0.747. The van der Waals surface area contributed by atoms with Crippen molar-refractivity contribution in [2.45, 2.75) is 13.8 Å². The largest absolute Gasteiger partial charge is 0.334 e. The lowest BCUT2D eigenvalue weighted by molar-refractivity contribution is 0.101. The van der Waals surface area contributed by atoms with Crippen LogP contribution in [0.1, 0.15) is 23.2 Å². The number of Topliss-reactive ketones (excluding diaryl/α,β-unsaturated/α-hetero) is 1. The first-order valence-corrected chi connectivity index (χ1v) is 4.53. The number of hydrogen-bond donors (Lipinski definition) is 1. The molecule has 2 rings (SSSR count). The van der Waals surface area contributed by atoms with Crippen molar-refractivity contribution < 1.29 is 4.79 Å². The van der Waals surface area contributed by atoms with Crippen molar-refractivity contribution in [1.29, 1.82) is 0 Å². The van der Waals surface area contributed by atoms with E-state index < -0.39 is 0 Å². The van der Waals surface area contributed by atoms with E-state index in [1.54, 1.807) is 19.2 Å². The molecule has 0 radical (unpaired) electrons. The number of aryl methyl sites for hydroxylation is 1. The van der Waals surface area contributed by atoms with E-state index >= 15 is 0 Å². The van der Waals surface area contributed by atoms with Crippen molar-refractivity contribution in [3.05, 3.63) is 30.0 Å². The monoisotopic (exact) mass is 202 g/mol. The number of carbonyl (C=O) groups is 1. The molecule has 2 aromatic rings. The van der Waals surface area contributed by atoms with Crippen LogP contribution in [0.5, 0.6) is 0 Å². The molecule has 0 amide bonds. The number of imidazole rings is 1. The number of aromatic nitrogens is 4. The normalized spacial score (nSPS) is 10.3. The van der Waals surface area contributed by atoms with Gasteiger partial charge in [0, 0.05) is 13.1 Å². The highest BCUT2D eigenvalue weighted by molar-refractivity contribution is 5.92. The zero-order chi connectivity index (χ0) is 10.8. The van der Waals surface area contributed by atoms with E-state index in [1.807, 2.05) is 0 Å². The Labute approximate surface area is 86.6 Å². The molecule has 0 spiro atoms. The van der Waals surface area contributed by atoms with E-state index in [4.69, 9.17) is 0 Å². The van der Waals surface area contributed by atoms with Crippen LogP contribution in [0.2, 0.25) is 0 Å². The minimum atomic E-state index is -0.0421. The number of H-pyrrole nitrogens is 1. The maximum Gasteiger partial charge on any atom is 0.177 e. The molecule has 15 heavy (non-hydrogen) atoms. The summed E-state index contributed by atoms with van der Waals surface area (Å²) in [6.45, 7) is 3.29. The molecule has 76 valence electrons. The Hall–Kier alpha value is -2.04. The lowest BCUT2D eigenvalue weighted by Crippen LogP contribution is -1.93. The van der Waals surface area contributed by atoms with Gasteiger partial charge >= 0.3 is 0 Å². The number of aromatic amines is 1. The topological polar surface area (TPSA) is 71.5 Å². The molecule has 0 atom stereocenters. The van der Waals surface area contributed by atoms with E-state index in [2.05, 4.69) is 19.9 Å². The Bertz CT molecular complexity index is 504. The van der Waals surface area contributed by atoms with Crippen LogP contribution in [0.4, 0.5) is 0 Å². The van der Waals surface area contributed by atoms with Gasteiger partial charge in [-0.3, -0.25) is 4.79 Å². The summed E-state index contributed by atoms with van der Waals surface area (Å²) in [6.07, 6.45) is 3.17. The summed E-state index contributed by atoms with van der Waals surface area (Å²) in [5, 5.41) is 0. The molecule has 0 aliphatic rings.